The fourth-order valence-corrected chi connectivity index (χ4v) is 3.42. The third-order valence-corrected chi connectivity index (χ3v) is 5.11. The molecule has 8 heteroatoms. The molecule has 2 aromatic carbocycles. The Morgan fingerprint density at radius 1 is 1.03 bits per heavy atom. The highest BCUT2D eigenvalue weighted by molar-refractivity contribution is 6.07. The molecule has 0 unspecified atom stereocenters. The lowest BCUT2D eigenvalue weighted by molar-refractivity contribution is 0.0983. The van der Waals surface area contributed by atoms with Gasteiger partial charge >= 0.3 is 5.69 Å². The molecule has 0 saturated heterocycles. The number of nitrogens with zero attached hydrogens (tertiary/aromatic N) is 2. The van der Waals surface area contributed by atoms with Gasteiger partial charge in [-0.1, -0.05) is 48.0 Å². The minimum Gasteiger partial charge on any atom is -0.467 e. The lowest BCUT2D eigenvalue weighted by Crippen LogP contribution is -2.41. The van der Waals surface area contributed by atoms with Gasteiger partial charge in [-0.15, -0.1) is 0 Å². The van der Waals surface area contributed by atoms with E-state index in [9.17, 15) is 14.4 Å². The Morgan fingerprint density at radius 3 is 2.41 bits per heavy atom. The maximum atomic E-state index is 13.4. The van der Waals surface area contributed by atoms with Crippen LogP contribution in [0.4, 0.5) is 11.5 Å². The standard InChI is InChI=1S/C24H22N4O4/c1-16-9-11-18(12-10-16)23(30)27(15-19-8-5-13-32-19)20-21(25)28(24(31)26-22(20)29)14-17-6-3-2-4-7-17/h2-13H,14-15,25H2,1H3,(H,26,29,31). The van der Waals surface area contributed by atoms with E-state index < -0.39 is 17.2 Å². The van der Waals surface area contributed by atoms with Crippen molar-refractivity contribution in [2.24, 2.45) is 0 Å². The van der Waals surface area contributed by atoms with Gasteiger partial charge in [0.15, 0.2) is 5.69 Å². The molecule has 2 aromatic heterocycles. The molecular formula is C24H22N4O4. The summed E-state index contributed by atoms with van der Waals surface area (Å²) < 4.78 is 6.64. The van der Waals surface area contributed by atoms with Gasteiger partial charge in [-0.2, -0.15) is 0 Å². The molecule has 4 aromatic rings. The summed E-state index contributed by atoms with van der Waals surface area (Å²) >= 11 is 0. The second-order valence-corrected chi connectivity index (χ2v) is 7.40. The highest BCUT2D eigenvalue weighted by atomic mass is 16.3. The van der Waals surface area contributed by atoms with E-state index in [0.717, 1.165) is 11.1 Å². The first-order chi connectivity index (χ1) is 15.4. The number of rotatable bonds is 6. The van der Waals surface area contributed by atoms with Crippen molar-refractivity contribution in [1.29, 1.82) is 0 Å². The Hall–Kier alpha value is -4.33. The number of benzene rings is 2. The molecule has 4 rings (SSSR count). The number of aromatic nitrogens is 2. The smallest absolute Gasteiger partial charge is 0.330 e. The molecule has 0 aliphatic carbocycles. The van der Waals surface area contributed by atoms with Crippen LogP contribution in [0.15, 0.2) is 87.0 Å². The predicted octanol–water partition coefficient (Wildman–Crippen LogP) is 2.92. The summed E-state index contributed by atoms with van der Waals surface area (Å²) in [5, 5.41) is 0. The van der Waals surface area contributed by atoms with Crippen molar-refractivity contribution in [1.82, 2.24) is 9.55 Å². The van der Waals surface area contributed by atoms with E-state index in [0.29, 0.717) is 11.3 Å². The van der Waals surface area contributed by atoms with Gasteiger partial charge in [0.1, 0.15) is 11.6 Å². The minimum absolute atomic E-state index is 0.0312. The highest BCUT2D eigenvalue weighted by Crippen LogP contribution is 2.23. The number of hydrogen-bond donors (Lipinski definition) is 2. The van der Waals surface area contributed by atoms with Crippen molar-refractivity contribution < 1.29 is 9.21 Å². The summed E-state index contributed by atoms with van der Waals surface area (Å²) in [6.07, 6.45) is 1.48. The molecule has 0 aliphatic heterocycles. The number of nitrogens with one attached hydrogen (secondary N) is 1. The van der Waals surface area contributed by atoms with Crippen LogP contribution in [0.1, 0.15) is 27.2 Å². The molecule has 1 amide bonds. The number of nitrogens with two attached hydrogens (primary N) is 1. The number of amides is 1. The fourth-order valence-electron chi connectivity index (χ4n) is 3.42. The summed E-state index contributed by atoms with van der Waals surface area (Å²) in [6.45, 7) is 2.02. The van der Waals surface area contributed by atoms with Gasteiger partial charge in [0.2, 0.25) is 0 Å². The Labute approximate surface area is 183 Å². The van der Waals surface area contributed by atoms with Crippen molar-refractivity contribution in [3.8, 4) is 0 Å². The highest BCUT2D eigenvalue weighted by Gasteiger charge is 2.26. The van der Waals surface area contributed by atoms with Crippen LogP contribution in [0.25, 0.3) is 0 Å². The van der Waals surface area contributed by atoms with Crippen molar-refractivity contribution in [3.05, 3.63) is 116 Å². The first kappa shape index (κ1) is 20.9. The molecule has 0 saturated carbocycles. The van der Waals surface area contributed by atoms with Gasteiger partial charge in [-0.3, -0.25) is 24.0 Å². The number of carbonyl (C=O) groups excluding carboxylic acids is 1. The number of anilines is 2. The van der Waals surface area contributed by atoms with Crippen LogP contribution in [0, 0.1) is 6.92 Å². The molecule has 8 nitrogen and oxygen atoms in total. The van der Waals surface area contributed by atoms with E-state index in [2.05, 4.69) is 4.98 Å². The molecule has 0 atom stereocenters. The van der Waals surface area contributed by atoms with E-state index in [4.69, 9.17) is 10.2 Å². The van der Waals surface area contributed by atoms with E-state index in [1.54, 1.807) is 24.3 Å². The first-order valence-electron chi connectivity index (χ1n) is 10.0. The van der Waals surface area contributed by atoms with E-state index in [-0.39, 0.29) is 24.6 Å². The van der Waals surface area contributed by atoms with Crippen LogP contribution in [0.2, 0.25) is 0 Å². The van der Waals surface area contributed by atoms with Crippen molar-refractivity contribution in [2.75, 3.05) is 10.6 Å². The lowest BCUT2D eigenvalue weighted by atomic mass is 10.1. The van der Waals surface area contributed by atoms with Gasteiger partial charge in [0.25, 0.3) is 11.5 Å². The summed E-state index contributed by atoms with van der Waals surface area (Å²) in [6, 6.07) is 19.6. The van der Waals surface area contributed by atoms with Gasteiger partial charge < -0.3 is 10.2 Å². The topological polar surface area (TPSA) is 114 Å². The SMILES string of the molecule is Cc1ccc(C(=O)N(Cc2ccco2)c2c(N)n(Cc3ccccc3)c(=O)[nH]c2=O)cc1. The van der Waals surface area contributed by atoms with Gasteiger partial charge in [0, 0.05) is 5.56 Å². The number of furan rings is 1. The monoisotopic (exact) mass is 430 g/mol. The third kappa shape index (κ3) is 4.24. The number of nitrogen functional groups attached to an aromatic ring is 1. The number of aryl methyl sites for hydroxylation is 1. The van der Waals surface area contributed by atoms with E-state index >= 15 is 0 Å². The summed E-state index contributed by atoms with van der Waals surface area (Å²) in [5.74, 6) is -0.0804. The minimum atomic E-state index is -0.746. The van der Waals surface area contributed by atoms with Crippen LogP contribution in [0.3, 0.4) is 0 Å². The molecule has 162 valence electrons. The Kier molecular flexibility index (Phi) is 5.76. The number of hydrogen-bond acceptors (Lipinski definition) is 5. The van der Waals surface area contributed by atoms with Crippen LogP contribution >= 0.6 is 0 Å². The fraction of sp³-hybridized carbons (Fsp3) is 0.125. The van der Waals surface area contributed by atoms with Gasteiger partial charge in [-0.25, -0.2) is 4.79 Å². The molecule has 0 fully saturated rings. The maximum Gasteiger partial charge on any atom is 0.330 e. The summed E-state index contributed by atoms with van der Waals surface area (Å²) in [5.41, 5.74) is 7.01. The molecule has 2 heterocycles. The molecule has 0 bridgehead atoms. The van der Waals surface area contributed by atoms with Crippen molar-refractivity contribution in [2.45, 2.75) is 20.0 Å². The zero-order chi connectivity index (χ0) is 22.7. The molecule has 0 spiro atoms. The molecule has 32 heavy (non-hydrogen) atoms. The quantitative estimate of drug-likeness (QED) is 0.488. The summed E-state index contributed by atoms with van der Waals surface area (Å²) in [4.78, 5) is 42.3. The Bertz CT molecular complexity index is 1340. The molecule has 0 radical (unpaired) electrons. The Balaban J connectivity index is 1.83. The van der Waals surface area contributed by atoms with Gasteiger partial charge in [0.05, 0.1) is 19.4 Å². The third-order valence-electron chi connectivity index (χ3n) is 5.11. The maximum absolute atomic E-state index is 13.4. The zero-order valence-corrected chi connectivity index (χ0v) is 17.4. The molecule has 0 aliphatic rings. The van der Waals surface area contributed by atoms with Crippen LogP contribution < -0.4 is 21.9 Å². The molecule has 3 N–H and O–H groups in total. The van der Waals surface area contributed by atoms with Crippen molar-refractivity contribution >= 4 is 17.4 Å². The van der Waals surface area contributed by atoms with Crippen LogP contribution in [0.5, 0.6) is 0 Å². The summed E-state index contributed by atoms with van der Waals surface area (Å²) in [7, 11) is 0. The van der Waals surface area contributed by atoms with Gasteiger partial charge in [-0.05, 0) is 36.8 Å². The van der Waals surface area contributed by atoms with Crippen LogP contribution in [-0.4, -0.2) is 15.5 Å². The van der Waals surface area contributed by atoms with E-state index in [1.165, 1.54) is 15.7 Å². The number of carbonyl (C=O) groups is 1. The van der Waals surface area contributed by atoms with Crippen LogP contribution in [-0.2, 0) is 13.1 Å². The normalized spacial score (nSPS) is 10.8. The Morgan fingerprint density at radius 2 is 1.75 bits per heavy atom. The predicted molar refractivity (Wildman–Crippen MR) is 122 cm³/mol. The second kappa shape index (κ2) is 8.81. The van der Waals surface area contributed by atoms with Crippen molar-refractivity contribution in [3.63, 3.8) is 0 Å². The van der Waals surface area contributed by atoms with E-state index in [1.807, 2.05) is 49.4 Å². The average molecular weight is 430 g/mol. The number of H-pyrrole nitrogens is 1. The number of aromatic amines is 1. The zero-order valence-electron chi connectivity index (χ0n) is 17.4. The first-order valence-corrected chi connectivity index (χ1v) is 10.0. The lowest BCUT2D eigenvalue weighted by Gasteiger charge is -2.24. The molecular weight excluding hydrogens is 408 g/mol. The second-order valence-electron chi connectivity index (χ2n) is 7.40. The largest absolute Gasteiger partial charge is 0.467 e. The average Bonchev–Trinajstić information content (AvgIpc) is 3.30.